The topological polar surface area (TPSA) is 26.3 Å². The van der Waals surface area contributed by atoms with E-state index in [1.54, 1.807) is 7.11 Å². The Labute approximate surface area is 94.8 Å². The van der Waals surface area contributed by atoms with Gasteiger partial charge in [-0.05, 0) is 17.5 Å². The number of Topliss-reactive ketones (excluding diaryl/α,β-unsaturated/α-hetero) is 1. The van der Waals surface area contributed by atoms with Crippen molar-refractivity contribution < 1.29 is 9.53 Å². The average Bonchev–Trinajstić information content (AvgIpc) is 2.36. The highest BCUT2D eigenvalue weighted by Gasteiger charge is 2.06. The van der Waals surface area contributed by atoms with Gasteiger partial charge < -0.3 is 4.74 Å². The maximum absolute atomic E-state index is 11.6. The Morgan fingerprint density at radius 3 is 2.75 bits per heavy atom. The lowest BCUT2D eigenvalue weighted by Gasteiger charge is -2.06. The summed E-state index contributed by atoms with van der Waals surface area (Å²) in [5.74, 6) is 0.969. The molecule has 0 N–H and O–H groups in total. The summed E-state index contributed by atoms with van der Waals surface area (Å²) in [5, 5.41) is 2.08. The van der Waals surface area contributed by atoms with Crippen LogP contribution in [0.3, 0.4) is 0 Å². The third-order valence-electron chi connectivity index (χ3n) is 2.71. The van der Waals surface area contributed by atoms with Crippen molar-refractivity contribution in [3.63, 3.8) is 0 Å². The fourth-order valence-electron chi connectivity index (χ4n) is 1.80. The van der Waals surface area contributed by atoms with Crippen molar-refractivity contribution >= 4 is 16.6 Å². The van der Waals surface area contributed by atoms with Crippen LogP contribution in [0.5, 0.6) is 5.75 Å². The molecule has 0 aliphatic carbocycles. The summed E-state index contributed by atoms with van der Waals surface area (Å²) in [6.07, 6.45) is 0.528. The van der Waals surface area contributed by atoms with Gasteiger partial charge in [-0.3, -0.25) is 4.79 Å². The largest absolute Gasteiger partial charge is 0.496 e. The molecule has 2 rings (SSSR count). The Kier molecular flexibility index (Phi) is 2.91. The van der Waals surface area contributed by atoms with E-state index < -0.39 is 0 Å². The number of fused-ring (bicyclic) bond motifs is 1. The number of rotatable bonds is 3. The molecule has 0 saturated carbocycles. The zero-order valence-electron chi connectivity index (χ0n) is 9.49. The van der Waals surface area contributed by atoms with Crippen LogP contribution in [-0.2, 0) is 0 Å². The Balaban J connectivity index is 2.63. The van der Waals surface area contributed by atoms with Gasteiger partial charge in [0.05, 0.1) is 7.11 Å². The maximum atomic E-state index is 11.6. The van der Waals surface area contributed by atoms with Crippen molar-refractivity contribution in [3.05, 3.63) is 42.0 Å². The molecule has 0 bridgehead atoms. The molecule has 0 saturated heterocycles. The molecule has 0 fully saturated rings. The Morgan fingerprint density at radius 1 is 1.25 bits per heavy atom. The Bertz CT molecular complexity index is 529. The second-order valence-electron chi connectivity index (χ2n) is 3.67. The number of benzene rings is 2. The van der Waals surface area contributed by atoms with Gasteiger partial charge in [-0.2, -0.15) is 0 Å². The van der Waals surface area contributed by atoms with E-state index in [2.05, 4.69) is 0 Å². The number of ketones is 1. The summed E-state index contributed by atoms with van der Waals surface area (Å²) in [4.78, 5) is 11.6. The maximum Gasteiger partial charge on any atom is 0.162 e. The number of ether oxygens (including phenoxy) is 1. The van der Waals surface area contributed by atoms with Crippen LogP contribution in [0.15, 0.2) is 36.4 Å². The molecule has 0 spiro atoms. The first-order chi connectivity index (χ1) is 7.76. The van der Waals surface area contributed by atoms with E-state index in [0.717, 1.165) is 22.1 Å². The van der Waals surface area contributed by atoms with Gasteiger partial charge >= 0.3 is 0 Å². The third-order valence-corrected chi connectivity index (χ3v) is 2.71. The van der Waals surface area contributed by atoms with Gasteiger partial charge in [0.25, 0.3) is 0 Å². The first-order valence-corrected chi connectivity index (χ1v) is 5.36. The van der Waals surface area contributed by atoms with Crippen molar-refractivity contribution in [1.29, 1.82) is 0 Å². The summed E-state index contributed by atoms with van der Waals surface area (Å²) in [7, 11) is 1.64. The number of carbonyl (C=O) groups excluding carboxylic acids is 1. The van der Waals surface area contributed by atoms with E-state index in [-0.39, 0.29) is 5.78 Å². The standard InChI is InChI=1S/C14H14O2/c1-3-13(15)11-8-7-10-5-4-6-14(16-2)12(10)9-11/h4-9H,3H2,1-2H3. The van der Waals surface area contributed by atoms with Crippen LogP contribution in [0.1, 0.15) is 23.7 Å². The molecule has 0 aliphatic rings. The molecule has 82 valence electrons. The van der Waals surface area contributed by atoms with Gasteiger partial charge in [0.15, 0.2) is 5.78 Å². The molecule has 2 aromatic rings. The van der Waals surface area contributed by atoms with E-state index in [0.29, 0.717) is 6.42 Å². The SMILES string of the molecule is CCC(=O)c1ccc2cccc(OC)c2c1. The van der Waals surface area contributed by atoms with Gasteiger partial charge in [-0.1, -0.05) is 31.2 Å². The molecule has 0 amide bonds. The van der Waals surface area contributed by atoms with E-state index in [1.807, 2.05) is 43.3 Å². The van der Waals surface area contributed by atoms with Crippen molar-refractivity contribution in [2.45, 2.75) is 13.3 Å². The monoisotopic (exact) mass is 214 g/mol. The number of hydrogen-bond acceptors (Lipinski definition) is 2. The van der Waals surface area contributed by atoms with Crippen LogP contribution >= 0.6 is 0 Å². The van der Waals surface area contributed by atoms with Gasteiger partial charge in [-0.15, -0.1) is 0 Å². The zero-order chi connectivity index (χ0) is 11.5. The van der Waals surface area contributed by atoms with Gasteiger partial charge in [0.2, 0.25) is 0 Å². The quantitative estimate of drug-likeness (QED) is 0.731. The van der Waals surface area contributed by atoms with Gasteiger partial charge in [0.1, 0.15) is 5.75 Å². The van der Waals surface area contributed by atoms with Crippen molar-refractivity contribution in [2.24, 2.45) is 0 Å². The highest BCUT2D eigenvalue weighted by atomic mass is 16.5. The molecule has 0 unspecified atom stereocenters. The van der Waals surface area contributed by atoms with Crippen molar-refractivity contribution in [3.8, 4) is 5.75 Å². The van der Waals surface area contributed by atoms with E-state index in [9.17, 15) is 4.79 Å². The zero-order valence-corrected chi connectivity index (χ0v) is 9.49. The lowest BCUT2D eigenvalue weighted by atomic mass is 10.0. The molecule has 2 nitrogen and oxygen atoms in total. The van der Waals surface area contributed by atoms with Crippen LogP contribution in [0, 0.1) is 0 Å². The predicted molar refractivity (Wildman–Crippen MR) is 65.1 cm³/mol. The number of carbonyl (C=O) groups is 1. The Morgan fingerprint density at radius 2 is 2.06 bits per heavy atom. The minimum absolute atomic E-state index is 0.160. The van der Waals surface area contributed by atoms with Gasteiger partial charge in [-0.25, -0.2) is 0 Å². The fraction of sp³-hybridized carbons (Fsp3) is 0.214. The first kappa shape index (κ1) is 10.7. The first-order valence-electron chi connectivity index (χ1n) is 5.36. The molecule has 2 aromatic carbocycles. The Hall–Kier alpha value is -1.83. The van der Waals surface area contributed by atoms with Crippen molar-refractivity contribution in [1.82, 2.24) is 0 Å². The van der Waals surface area contributed by atoms with E-state index >= 15 is 0 Å². The van der Waals surface area contributed by atoms with E-state index in [4.69, 9.17) is 4.74 Å². The molecule has 0 atom stereocenters. The molecular formula is C14H14O2. The highest BCUT2D eigenvalue weighted by molar-refractivity contribution is 6.01. The smallest absolute Gasteiger partial charge is 0.162 e. The lowest BCUT2D eigenvalue weighted by molar-refractivity contribution is 0.0988. The molecule has 2 heteroatoms. The van der Waals surface area contributed by atoms with Crippen molar-refractivity contribution in [2.75, 3.05) is 7.11 Å². The van der Waals surface area contributed by atoms with Crippen LogP contribution in [0.4, 0.5) is 0 Å². The lowest BCUT2D eigenvalue weighted by Crippen LogP contribution is -1.96. The van der Waals surface area contributed by atoms with Crippen LogP contribution in [0.2, 0.25) is 0 Å². The molecule has 0 aromatic heterocycles. The summed E-state index contributed by atoms with van der Waals surface area (Å²) in [6, 6.07) is 11.6. The molecular weight excluding hydrogens is 200 g/mol. The van der Waals surface area contributed by atoms with Crippen LogP contribution in [-0.4, -0.2) is 12.9 Å². The number of methoxy groups -OCH3 is 1. The average molecular weight is 214 g/mol. The normalized spacial score (nSPS) is 10.4. The van der Waals surface area contributed by atoms with E-state index in [1.165, 1.54) is 0 Å². The fourth-order valence-corrected chi connectivity index (χ4v) is 1.80. The second-order valence-corrected chi connectivity index (χ2v) is 3.67. The minimum atomic E-state index is 0.160. The summed E-state index contributed by atoms with van der Waals surface area (Å²) in [6.45, 7) is 1.87. The van der Waals surface area contributed by atoms with Crippen LogP contribution < -0.4 is 4.74 Å². The summed E-state index contributed by atoms with van der Waals surface area (Å²) in [5.41, 5.74) is 0.750. The number of hydrogen-bond donors (Lipinski definition) is 0. The summed E-state index contributed by atoms with van der Waals surface area (Å²) < 4.78 is 5.28. The van der Waals surface area contributed by atoms with Crippen LogP contribution in [0.25, 0.3) is 10.8 Å². The summed E-state index contributed by atoms with van der Waals surface area (Å²) >= 11 is 0. The third kappa shape index (κ3) is 1.78. The predicted octanol–water partition coefficient (Wildman–Crippen LogP) is 3.44. The van der Waals surface area contributed by atoms with Gasteiger partial charge in [0, 0.05) is 17.4 Å². The minimum Gasteiger partial charge on any atom is -0.496 e. The molecule has 0 aliphatic heterocycles. The molecule has 0 heterocycles. The second kappa shape index (κ2) is 4.35. The molecule has 16 heavy (non-hydrogen) atoms. The highest BCUT2D eigenvalue weighted by Crippen LogP contribution is 2.26. The molecule has 0 radical (unpaired) electrons.